The van der Waals surface area contributed by atoms with Gasteiger partial charge in [0.05, 0.1) is 23.7 Å². The summed E-state index contributed by atoms with van der Waals surface area (Å²) in [6.07, 6.45) is 2.20. The van der Waals surface area contributed by atoms with Crippen molar-refractivity contribution in [3.63, 3.8) is 0 Å². The Morgan fingerprint density at radius 2 is 1.78 bits per heavy atom. The van der Waals surface area contributed by atoms with E-state index in [1.807, 2.05) is 6.07 Å². The quantitative estimate of drug-likeness (QED) is 0.328. The molecule has 36 heavy (non-hydrogen) atoms. The molecule has 2 heterocycles. The van der Waals surface area contributed by atoms with Crippen molar-refractivity contribution in [3.8, 4) is 6.07 Å². The number of rotatable bonds is 10. The van der Waals surface area contributed by atoms with Gasteiger partial charge in [-0.05, 0) is 53.6 Å². The maximum Gasteiger partial charge on any atom is 0.331 e. The fourth-order valence-electron chi connectivity index (χ4n) is 4.04. The molecular formula is C27H25FN4O3S. The Morgan fingerprint density at radius 3 is 2.56 bits per heavy atom. The normalized spacial score (nSPS) is 10.9. The molecule has 2 aromatic carbocycles. The average molecular weight is 505 g/mol. The maximum atomic E-state index is 13.3. The predicted octanol–water partition coefficient (Wildman–Crippen LogP) is 4.16. The zero-order valence-electron chi connectivity index (χ0n) is 19.6. The average Bonchev–Trinajstić information content (AvgIpc) is 3.38. The van der Waals surface area contributed by atoms with Crippen LogP contribution in [-0.2, 0) is 24.4 Å². The van der Waals surface area contributed by atoms with E-state index in [-0.39, 0.29) is 30.4 Å². The van der Waals surface area contributed by atoms with Crippen molar-refractivity contribution in [1.29, 1.82) is 5.26 Å². The van der Waals surface area contributed by atoms with Crippen LogP contribution in [0.4, 0.5) is 4.39 Å². The fourth-order valence-corrected chi connectivity index (χ4v) is 4.89. The molecule has 0 saturated carbocycles. The molecule has 7 nitrogen and oxygen atoms in total. The highest BCUT2D eigenvalue weighted by Gasteiger charge is 2.15. The molecule has 0 radical (unpaired) electrons. The van der Waals surface area contributed by atoms with Crippen LogP contribution in [0.25, 0.3) is 10.2 Å². The highest BCUT2D eigenvalue weighted by atomic mass is 32.1. The lowest BCUT2D eigenvalue weighted by Crippen LogP contribution is -2.40. The lowest BCUT2D eigenvalue weighted by Gasteiger charge is -2.13. The molecule has 0 atom stereocenters. The van der Waals surface area contributed by atoms with Crippen LogP contribution in [0.1, 0.15) is 42.4 Å². The summed E-state index contributed by atoms with van der Waals surface area (Å²) in [4.78, 5) is 38.3. The van der Waals surface area contributed by atoms with Crippen LogP contribution in [0.3, 0.4) is 0 Å². The summed E-state index contributed by atoms with van der Waals surface area (Å²) in [6.45, 7) is 0.788. The number of unbranched alkanes of at least 4 members (excludes halogenated alkanes) is 2. The number of halogens is 1. The van der Waals surface area contributed by atoms with Crippen LogP contribution in [0.2, 0.25) is 0 Å². The number of nitrogens with zero attached hydrogens (tertiary/aromatic N) is 3. The van der Waals surface area contributed by atoms with Gasteiger partial charge in [-0.15, -0.1) is 11.3 Å². The third-order valence-electron chi connectivity index (χ3n) is 5.99. The minimum absolute atomic E-state index is 0.102. The number of nitriles is 1. The van der Waals surface area contributed by atoms with Crippen molar-refractivity contribution in [1.82, 2.24) is 14.5 Å². The van der Waals surface area contributed by atoms with E-state index < -0.39 is 5.69 Å². The summed E-state index contributed by atoms with van der Waals surface area (Å²) in [5, 5.41) is 14.0. The Hall–Kier alpha value is -4.03. The van der Waals surface area contributed by atoms with E-state index in [4.69, 9.17) is 0 Å². The molecule has 0 saturated heterocycles. The molecule has 4 aromatic rings. The van der Waals surface area contributed by atoms with Crippen molar-refractivity contribution in [2.75, 3.05) is 0 Å². The second-order valence-electron chi connectivity index (χ2n) is 8.44. The number of hydrogen-bond acceptors (Lipinski definition) is 5. The summed E-state index contributed by atoms with van der Waals surface area (Å²) >= 11 is 1.29. The number of amides is 1. The number of carbonyl (C=O) groups excluding carboxylic acids is 1. The molecule has 2 aromatic heterocycles. The van der Waals surface area contributed by atoms with Gasteiger partial charge < -0.3 is 5.32 Å². The topological polar surface area (TPSA) is 96.9 Å². The van der Waals surface area contributed by atoms with Crippen LogP contribution < -0.4 is 16.6 Å². The van der Waals surface area contributed by atoms with Crippen molar-refractivity contribution in [2.24, 2.45) is 0 Å². The Bertz CT molecular complexity index is 1530. The third kappa shape index (κ3) is 5.78. The zero-order valence-corrected chi connectivity index (χ0v) is 20.4. The first kappa shape index (κ1) is 25.1. The SMILES string of the molecule is N#Cc1ccccc1Cn1c(=O)n(CCCCCC(=O)NCc2ccc(F)cc2)c(=O)c2sccc21. The predicted molar refractivity (Wildman–Crippen MR) is 137 cm³/mol. The highest BCUT2D eigenvalue weighted by Crippen LogP contribution is 2.18. The molecule has 0 spiro atoms. The number of thiophene rings is 1. The van der Waals surface area contributed by atoms with E-state index >= 15 is 0 Å². The Morgan fingerprint density at radius 1 is 1.00 bits per heavy atom. The van der Waals surface area contributed by atoms with E-state index in [1.54, 1.807) is 46.3 Å². The minimum Gasteiger partial charge on any atom is -0.352 e. The van der Waals surface area contributed by atoms with Gasteiger partial charge >= 0.3 is 5.69 Å². The number of aromatic nitrogens is 2. The number of hydrogen-bond donors (Lipinski definition) is 1. The highest BCUT2D eigenvalue weighted by molar-refractivity contribution is 7.17. The van der Waals surface area contributed by atoms with Gasteiger partial charge in [0.15, 0.2) is 0 Å². The van der Waals surface area contributed by atoms with Crippen molar-refractivity contribution < 1.29 is 9.18 Å². The molecule has 0 bridgehead atoms. The second-order valence-corrected chi connectivity index (χ2v) is 9.36. The van der Waals surface area contributed by atoms with Crippen LogP contribution in [-0.4, -0.2) is 15.0 Å². The Labute approximate surface area is 211 Å². The summed E-state index contributed by atoms with van der Waals surface area (Å²) in [6, 6.07) is 17.0. The molecule has 1 amide bonds. The smallest absolute Gasteiger partial charge is 0.331 e. The molecule has 9 heteroatoms. The molecule has 1 N–H and O–H groups in total. The lowest BCUT2D eigenvalue weighted by atomic mass is 10.1. The second kappa shape index (κ2) is 11.6. The van der Waals surface area contributed by atoms with E-state index in [0.717, 1.165) is 5.56 Å². The summed E-state index contributed by atoms with van der Waals surface area (Å²) in [5.74, 6) is -0.420. The van der Waals surface area contributed by atoms with Crippen LogP contribution in [0, 0.1) is 17.1 Å². The number of fused-ring (bicyclic) bond motifs is 1. The van der Waals surface area contributed by atoms with Gasteiger partial charge in [-0.1, -0.05) is 36.8 Å². The van der Waals surface area contributed by atoms with Gasteiger partial charge in [0.25, 0.3) is 5.56 Å². The van der Waals surface area contributed by atoms with Crippen LogP contribution >= 0.6 is 11.3 Å². The maximum absolute atomic E-state index is 13.3. The number of carbonyl (C=O) groups is 1. The first-order valence-electron chi connectivity index (χ1n) is 11.7. The first-order valence-corrected chi connectivity index (χ1v) is 12.6. The minimum atomic E-state index is -0.407. The fraction of sp³-hybridized carbons (Fsp3) is 0.259. The summed E-state index contributed by atoms with van der Waals surface area (Å²) < 4.78 is 16.3. The zero-order chi connectivity index (χ0) is 25.5. The van der Waals surface area contributed by atoms with Crippen molar-refractivity contribution >= 4 is 27.5 Å². The molecule has 184 valence electrons. The van der Waals surface area contributed by atoms with E-state index in [0.29, 0.717) is 53.6 Å². The molecule has 0 aliphatic heterocycles. The molecule has 4 rings (SSSR count). The molecule has 0 aliphatic rings. The third-order valence-corrected chi connectivity index (χ3v) is 6.88. The van der Waals surface area contributed by atoms with E-state index in [2.05, 4.69) is 11.4 Å². The van der Waals surface area contributed by atoms with Gasteiger partial charge in [-0.25, -0.2) is 9.18 Å². The summed E-state index contributed by atoms with van der Waals surface area (Å²) in [7, 11) is 0. The molecule has 0 unspecified atom stereocenters. The van der Waals surface area contributed by atoms with E-state index in [1.165, 1.54) is 28.0 Å². The number of nitrogens with one attached hydrogen (secondary N) is 1. The summed E-state index contributed by atoms with van der Waals surface area (Å²) in [5.41, 5.74) is 1.87. The van der Waals surface area contributed by atoms with Crippen molar-refractivity contribution in [2.45, 2.75) is 45.3 Å². The Kier molecular flexibility index (Phi) is 8.08. The molecule has 0 fully saturated rings. The lowest BCUT2D eigenvalue weighted by molar-refractivity contribution is -0.121. The standard InChI is InChI=1S/C27H25FN4O3S/c28-22-11-9-19(10-12-22)17-30-24(33)8-2-1-5-14-31-26(34)25-23(13-15-36-25)32(27(31)35)18-21-7-4-3-6-20(21)16-29/h3-4,6-7,9-13,15H,1-2,5,8,14,17-18H2,(H,30,33). The van der Waals surface area contributed by atoms with Gasteiger partial charge in [-0.2, -0.15) is 5.26 Å². The van der Waals surface area contributed by atoms with E-state index in [9.17, 15) is 24.0 Å². The molecular weight excluding hydrogens is 479 g/mol. The molecule has 0 aliphatic carbocycles. The van der Waals surface area contributed by atoms with Gasteiger partial charge in [0.2, 0.25) is 5.91 Å². The first-order chi connectivity index (χ1) is 17.5. The monoisotopic (exact) mass is 504 g/mol. The van der Waals surface area contributed by atoms with Gasteiger partial charge in [0.1, 0.15) is 10.5 Å². The largest absolute Gasteiger partial charge is 0.352 e. The Balaban J connectivity index is 1.37. The van der Waals surface area contributed by atoms with Crippen molar-refractivity contribution in [3.05, 3.63) is 103 Å². The van der Waals surface area contributed by atoms with Crippen LogP contribution in [0.15, 0.2) is 69.6 Å². The van der Waals surface area contributed by atoms with Crippen LogP contribution in [0.5, 0.6) is 0 Å². The van der Waals surface area contributed by atoms with Gasteiger partial charge in [0, 0.05) is 19.5 Å². The van der Waals surface area contributed by atoms with Gasteiger partial charge in [-0.3, -0.25) is 18.7 Å². The number of benzene rings is 2.